The van der Waals surface area contributed by atoms with E-state index >= 15 is 0 Å². The lowest BCUT2D eigenvalue weighted by molar-refractivity contribution is -0.123. The molecule has 1 aliphatic heterocycles. The molecule has 1 fully saturated rings. The fourth-order valence-electron chi connectivity index (χ4n) is 2.31. The van der Waals surface area contributed by atoms with Gasteiger partial charge in [0.25, 0.3) is 0 Å². The second-order valence-electron chi connectivity index (χ2n) is 4.39. The van der Waals surface area contributed by atoms with Crippen LogP contribution in [-0.2, 0) is 11.3 Å². The molecule has 1 heterocycles. The van der Waals surface area contributed by atoms with E-state index in [0.717, 1.165) is 24.2 Å². The van der Waals surface area contributed by atoms with Crippen LogP contribution in [0.15, 0.2) is 18.2 Å². The van der Waals surface area contributed by atoms with Crippen molar-refractivity contribution in [1.82, 2.24) is 5.32 Å². The quantitative estimate of drug-likeness (QED) is 0.873. The summed E-state index contributed by atoms with van der Waals surface area (Å²) in [6.45, 7) is 3.92. The van der Waals surface area contributed by atoms with Gasteiger partial charge in [0.05, 0.1) is 0 Å². The zero-order valence-electron chi connectivity index (χ0n) is 10.4. The van der Waals surface area contributed by atoms with Crippen molar-refractivity contribution in [3.63, 3.8) is 0 Å². The summed E-state index contributed by atoms with van der Waals surface area (Å²) in [4.78, 5) is 13.9. The van der Waals surface area contributed by atoms with E-state index in [9.17, 15) is 4.79 Å². The Kier molecular flexibility index (Phi) is 4.09. The number of hydrogen-bond donors (Lipinski definition) is 2. The number of benzene rings is 1. The van der Waals surface area contributed by atoms with Gasteiger partial charge in [-0.1, -0.05) is 24.6 Å². The molecule has 1 aromatic carbocycles. The Hall–Kier alpha value is -1.26. The molecule has 2 rings (SSSR count). The molecule has 5 heteroatoms. The van der Waals surface area contributed by atoms with Crippen molar-refractivity contribution in [3.05, 3.63) is 28.8 Å². The first-order chi connectivity index (χ1) is 8.67. The Bertz CT molecular complexity index is 450. The molecule has 1 atom stereocenters. The van der Waals surface area contributed by atoms with Crippen LogP contribution in [-0.4, -0.2) is 25.0 Å². The molecule has 0 aromatic heterocycles. The highest BCUT2D eigenvalue weighted by molar-refractivity contribution is 6.31. The van der Waals surface area contributed by atoms with Gasteiger partial charge in [0.2, 0.25) is 5.91 Å². The van der Waals surface area contributed by atoms with Crippen molar-refractivity contribution >= 4 is 23.2 Å². The van der Waals surface area contributed by atoms with Crippen molar-refractivity contribution in [2.24, 2.45) is 5.73 Å². The number of nitrogens with one attached hydrogen (secondary N) is 1. The number of halogens is 1. The molecule has 1 saturated heterocycles. The highest BCUT2D eigenvalue weighted by Crippen LogP contribution is 2.26. The number of rotatable bonds is 3. The first kappa shape index (κ1) is 13.2. The maximum atomic E-state index is 11.8. The van der Waals surface area contributed by atoms with E-state index in [2.05, 4.69) is 10.2 Å². The van der Waals surface area contributed by atoms with Crippen LogP contribution >= 0.6 is 11.6 Å². The number of amides is 1. The topological polar surface area (TPSA) is 58.4 Å². The zero-order chi connectivity index (χ0) is 13.1. The molecule has 0 saturated carbocycles. The zero-order valence-corrected chi connectivity index (χ0v) is 11.2. The lowest BCUT2D eigenvalue weighted by Gasteiger charge is -2.36. The highest BCUT2D eigenvalue weighted by atomic mass is 35.5. The molecule has 4 nitrogen and oxygen atoms in total. The van der Waals surface area contributed by atoms with E-state index in [1.165, 1.54) is 0 Å². The molecule has 0 spiro atoms. The third-order valence-corrected chi connectivity index (χ3v) is 3.66. The lowest BCUT2D eigenvalue weighted by atomic mass is 10.1. The molecular weight excluding hydrogens is 250 g/mol. The molecule has 18 heavy (non-hydrogen) atoms. The SMILES string of the molecule is CCC1C(=O)NCCN1c1ccc(CN)c(Cl)c1. The fraction of sp³-hybridized carbons (Fsp3) is 0.462. The summed E-state index contributed by atoms with van der Waals surface area (Å²) in [5, 5.41) is 3.55. The largest absolute Gasteiger partial charge is 0.358 e. The van der Waals surface area contributed by atoms with Crippen LogP contribution < -0.4 is 16.0 Å². The number of nitrogens with two attached hydrogens (primary N) is 1. The maximum absolute atomic E-state index is 11.8. The number of anilines is 1. The second kappa shape index (κ2) is 5.59. The first-order valence-corrected chi connectivity index (χ1v) is 6.58. The van der Waals surface area contributed by atoms with Crippen LogP contribution in [0.25, 0.3) is 0 Å². The molecular formula is C13H18ClN3O. The lowest BCUT2D eigenvalue weighted by Crippen LogP contribution is -2.55. The van der Waals surface area contributed by atoms with E-state index < -0.39 is 0 Å². The molecule has 0 bridgehead atoms. The maximum Gasteiger partial charge on any atom is 0.242 e. The van der Waals surface area contributed by atoms with Crippen LogP contribution in [0.2, 0.25) is 5.02 Å². The predicted octanol–water partition coefficient (Wildman–Crippen LogP) is 1.51. The Morgan fingerprint density at radius 2 is 2.33 bits per heavy atom. The Morgan fingerprint density at radius 3 is 2.94 bits per heavy atom. The van der Waals surface area contributed by atoms with Gasteiger partial charge in [-0.25, -0.2) is 0 Å². The smallest absolute Gasteiger partial charge is 0.242 e. The normalized spacial score (nSPS) is 19.8. The summed E-state index contributed by atoms with van der Waals surface area (Å²) in [6.07, 6.45) is 0.780. The summed E-state index contributed by atoms with van der Waals surface area (Å²) in [7, 11) is 0. The van der Waals surface area contributed by atoms with Crippen LogP contribution in [0.4, 0.5) is 5.69 Å². The van der Waals surface area contributed by atoms with Gasteiger partial charge in [-0.05, 0) is 24.1 Å². The molecule has 1 aromatic rings. The minimum absolute atomic E-state index is 0.0859. The van der Waals surface area contributed by atoms with Gasteiger partial charge in [0.1, 0.15) is 6.04 Å². The Labute approximate surface area is 112 Å². The molecule has 0 aliphatic carbocycles. The predicted molar refractivity (Wildman–Crippen MR) is 73.8 cm³/mol. The van der Waals surface area contributed by atoms with Gasteiger partial charge >= 0.3 is 0 Å². The number of nitrogens with zero attached hydrogens (tertiary/aromatic N) is 1. The van der Waals surface area contributed by atoms with Crippen LogP contribution in [0, 0.1) is 0 Å². The number of carbonyl (C=O) groups is 1. The van der Waals surface area contributed by atoms with Crippen LogP contribution in [0.3, 0.4) is 0 Å². The van der Waals surface area contributed by atoms with Gasteiger partial charge < -0.3 is 16.0 Å². The summed E-state index contributed by atoms with van der Waals surface area (Å²) in [5.41, 5.74) is 7.50. The number of piperazine rings is 1. The molecule has 3 N–H and O–H groups in total. The first-order valence-electron chi connectivity index (χ1n) is 6.20. The molecule has 1 amide bonds. The molecule has 1 unspecified atom stereocenters. The highest BCUT2D eigenvalue weighted by Gasteiger charge is 2.28. The number of hydrogen-bond acceptors (Lipinski definition) is 3. The van der Waals surface area contributed by atoms with E-state index in [1.54, 1.807) is 0 Å². The average Bonchev–Trinajstić information content (AvgIpc) is 2.38. The summed E-state index contributed by atoms with van der Waals surface area (Å²) in [5.74, 6) is 0.0859. The third kappa shape index (κ3) is 2.44. The minimum atomic E-state index is -0.112. The van der Waals surface area contributed by atoms with Crippen LogP contribution in [0.5, 0.6) is 0 Å². The average molecular weight is 268 g/mol. The van der Waals surface area contributed by atoms with Gasteiger partial charge in [-0.3, -0.25) is 4.79 Å². The standard InChI is InChI=1S/C13H18ClN3O/c1-2-12-13(18)16-5-6-17(12)10-4-3-9(8-15)11(14)7-10/h3-4,7,12H,2,5-6,8,15H2,1H3,(H,16,18). The van der Waals surface area contributed by atoms with Gasteiger partial charge in [-0.15, -0.1) is 0 Å². The molecule has 1 aliphatic rings. The Balaban J connectivity index is 2.29. The van der Waals surface area contributed by atoms with Gasteiger partial charge in [0.15, 0.2) is 0 Å². The second-order valence-corrected chi connectivity index (χ2v) is 4.80. The Morgan fingerprint density at radius 1 is 1.56 bits per heavy atom. The molecule has 0 radical (unpaired) electrons. The molecule has 98 valence electrons. The van der Waals surface area contributed by atoms with Crippen molar-refractivity contribution in [3.8, 4) is 0 Å². The fourth-order valence-corrected chi connectivity index (χ4v) is 2.56. The van der Waals surface area contributed by atoms with Gasteiger partial charge in [-0.2, -0.15) is 0 Å². The van der Waals surface area contributed by atoms with E-state index in [-0.39, 0.29) is 11.9 Å². The van der Waals surface area contributed by atoms with Crippen molar-refractivity contribution in [2.45, 2.75) is 25.9 Å². The monoisotopic (exact) mass is 267 g/mol. The van der Waals surface area contributed by atoms with Crippen molar-refractivity contribution < 1.29 is 4.79 Å². The van der Waals surface area contributed by atoms with E-state index in [1.807, 2.05) is 25.1 Å². The van der Waals surface area contributed by atoms with Crippen LogP contribution in [0.1, 0.15) is 18.9 Å². The van der Waals surface area contributed by atoms with E-state index in [4.69, 9.17) is 17.3 Å². The van der Waals surface area contributed by atoms with Crippen molar-refractivity contribution in [1.29, 1.82) is 0 Å². The minimum Gasteiger partial charge on any atom is -0.358 e. The summed E-state index contributed by atoms with van der Waals surface area (Å²) < 4.78 is 0. The summed E-state index contributed by atoms with van der Waals surface area (Å²) in [6, 6.07) is 5.69. The van der Waals surface area contributed by atoms with Gasteiger partial charge in [0, 0.05) is 30.3 Å². The summed E-state index contributed by atoms with van der Waals surface area (Å²) >= 11 is 6.17. The van der Waals surface area contributed by atoms with E-state index in [0.29, 0.717) is 18.1 Å². The van der Waals surface area contributed by atoms with Crippen molar-refractivity contribution in [2.75, 3.05) is 18.0 Å². The third-order valence-electron chi connectivity index (χ3n) is 3.31. The number of carbonyl (C=O) groups excluding carboxylic acids is 1.